The number of likely N-dealkylation sites (N-methyl/N-ethyl adjacent to an activating group) is 1. The van der Waals surface area contributed by atoms with Gasteiger partial charge in [-0.15, -0.1) is 11.3 Å². The lowest BCUT2D eigenvalue weighted by atomic mass is 9.82. The first-order chi connectivity index (χ1) is 54.6. The number of carboxylic acid groups (broad SMARTS) is 5. The summed E-state index contributed by atoms with van der Waals surface area (Å²) in [6.45, 7) is 14.7. The number of piperidine rings is 1. The number of thiazole rings is 1. The molecule has 2 heterocycles. The Bertz CT molecular complexity index is 3700. The standard InChI is InChI=1S/C78H115N11O23S3/c1-9-30-111-45-89(74(104)56(47(5)10-2)39-64(92)61-17-12-14-29-88(61)8)62(46(3)4)34-49(7)73-86-59(43-113-73)72(103)83-54(35-50-23-25-55(90)26-24-50)33-48(6)70(101)81-42-69(100)112-31-32-114-115-44-60(76(107)108)85-71(102)53(38-67(96)97)37-63(91)58(40-68(98)99)84-65(93)36-51-19-21-52(22-20-51)41-82-77(109)79-27-13-11-16-57(75(105)106)87-78(110)80-28-15-18-66(94)95/h19-26,43,46-49,53-54,56-58,60-62,90H,9-18,27-42,44-45H2,1-8H3,(H,81,101)(H,83,103)(H,84,93)(H,85,102)(H,94,95)(H,96,97)(H,98,99)(H,105,106)(H,107,108)(H2,79,82,109)(H2,80,87,110)/t47?,48-,49+,53-,54+,56-,57+,58-,60-,61+,62+/m0/s1. The summed E-state index contributed by atoms with van der Waals surface area (Å²) < 4.78 is 11.4. The van der Waals surface area contributed by atoms with Crippen molar-refractivity contribution in [3.05, 3.63) is 81.3 Å². The van der Waals surface area contributed by atoms with E-state index in [0.29, 0.717) is 48.4 Å². The molecule has 0 saturated carbocycles. The van der Waals surface area contributed by atoms with Gasteiger partial charge in [0.05, 0.1) is 42.3 Å². The Kier molecular flexibility index (Phi) is 44.4. The molecular weight excluding hydrogens is 1560 g/mol. The third-order valence-corrected chi connectivity index (χ3v) is 22.9. The molecule has 2 aromatic carbocycles. The number of amides is 9. The van der Waals surface area contributed by atoms with Crippen molar-refractivity contribution in [2.45, 2.75) is 213 Å². The zero-order valence-corrected chi connectivity index (χ0v) is 69.1. The molecule has 11 atom stereocenters. The summed E-state index contributed by atoms with van der Waals surface area (Å²) in [6, 6.07) is 5.56. The Balaban J connectivity index is 1.25. The van der Waals surface area contributed by atoms with E-state index in [1.54, 1.807) is 36.6 Å². The van der Waals surface area contributed by atoms with Crippen LogP contribution in [0.2, 0.25) is 0 Å². The summed E-state index contributed by atoms with van der Waals surface area (Å²) in [5.41, 5.74) is 1.89. The largest absolute Gasteiger partial charge is 0.508 e. The van der Waals surface area contributed by atoms with Crippen LogP contribution in [0.25, 0.3) is 0 Å². The van der Waals surface area contributed by atoms with E-state index in [4.69, 9.17) is 19.6 Å². The monoisotopic (exact) mass is 1670 g/mol. The van der Waals surface area contributed by atoms with Crippen molar-refractivity contribution >= 4 is 122 Å². The van der Waals surface area contributed by atoms with Crippen LogP contribution in [-0.4, -0.2) is 235 Å². The van der Waals surface area contributed by atoms with Gasteiger partial charge in [0.2, 0.25) is 23.6 Å². The van der Waals surface area contributed by atoms with E-state index in [-0.39, 0.29) is 142 Å². The zero-order valence-electron chi connectivity index (χ0n) is 66.6. The fraction of sp³-hybridized carbons (Fsp3) is 0.615. The number of hydrogen-bond donors (Lipinski definition) is 14. The molecule has 0 radical (unpaired) electrons. The van der Waals surface area contributed by atoms with Crippen LogP contribution in [0.15, 0.2) is 53.9 Å². The van der Waals surface area contributed by atoms with Gasteiger partial charge in [0.25, 0.3) is 5.91 Å². The highest BCUT2D eigenvalue weighted by Crippen LogP contribution is 2.33. The molecule has 1 unspecified atom stereocenters. The number of carboxylic acids is 5. The van der Waals surface area contributed by atoms with E-state index in [9.17, 15) is 97.5 Å². The molecule has 3 aromatic rings. The zero-order chi connectivity index (χ0) is 85.3. The number of likely N-dealkylation sites (tertiary alicyclic amines) is 1. The number of aromatic hydroxyl groups is 1. The van der Waals surface area contributed by atoms with Crippen LogP contribution in [0, 0.1) is 29.6 Å². The molecule has 34 nitrogen and oxygen atoms in total. The number of unbranched alkanes of at least 4 members (excludes halogenated alkanes) is 1. The second kappa shape index (κ2) is 52.2. The molecule has 638 valence electrons. The summed E-state index contributed by atoms with van der Waals surface area (Å²) in [5, 5.41) is 80.0. The van der Waals surface area contributed by atoms with E-state index < -0.39 is 145 Å². The lowest BCUT2D eigenvalue weighted by molar-refractivity contribution is -0.151. The molecule has 1 aliphatic rings. The molecule has 1 fully saturated rings. The van der Waals surface area contributed by atoms with Gasteiger partial charge >= 0.3 is 47.9 Å². The highest BCUT2D eigenvalue weighted by atomic mass is 33.1. The number of nitrogens with one attached hydrogen (secondary N) is 8. The van der Waals surface area contributed by atoms with Gasteiger partial charge in [0.15, 0.2) is 11.6 Å². The van der Waals surface area contributed by atoms with Crippen molar-refractivity contribution in [2.24, 2.45) is 29.6 Å². The molecule has 4 rings (SSSR count). The van der Waals surface area contributed by atoms with Crippen molar-refractivity contribution in [3.63, 3.8) is 0 Å². The molecule has 115 heavy (non-hydrogen) atoms. The van der Waals surface area contributed by atoms with E-state index in [2.05, 4.69) is 61.3 Å². The first kappa shape index (κ1) is 97.9. The number of esters is 1. The van der Waals surface area contributed by atoms with Gasteiger partial charge in [0, 0.05) is 92.2 Å². The Hall–Kier alpha value is -9.46. The maximum absolute atomic E-state index is 14.9. The lowest BCUT2D eigenvalue weighted by Gasteiger charge is -2.39. The number of hydrogen-bond acceptors (Lipinski definition) is 23. The highest BCUT2D eigenvalue weighted by molar-refractivity contribution is 8.76. The molecule has 0 aliphatic carbocycles. The number of nitrogens with zero attached hydrogens (tertiary/aromatic N) is 3. The molecule has 1 saturated heterocycles. The number of ether oxygens (including phenoxy) is 2. The number of aliphatic carboxylic acids is 5. The minimum Gasteiger partial charge on any atom is -0.508 e. The maximum atomic E-state index is 14.9. The van der Waals surface area contributed by atoms with Crippen LogP contribution in [-0.2, 0) is 86.4 Å². The number of urea groups is 2. The number of Topliss-reactive ketones (excluding diaryl/α,β-unsaturated/α-hetero) is 2. The maximum Gasteiger partial charge on any atom is 0.327 e. The first-order valence-electron chi connectivity index (χ1n) is 38.8. The first-order valence-corrected chi connectivity index (χ1v) is 42.2. The lowest BCUT2D eigenvalue weighted by Crippen LogP contribution is -2.50. The predicted octanol–water partition coefficient (Wildman–Crippen LogP) is 6.50. The molecule has 1 aliphatic heterocycles. The Morgan fingerprint density at radius 3 is 1.97 bits per heavy atom. The molecule has 1 aromatic heterocycles. The summed E-state index contributed by atoms with van der Waals surface area (Å²) in [4.78, 5) is 201. The van der Waals surface area contributed by atoms with E-state index in [0.717, 1.165) is 59.4 Å². The van der Waals surface area contributed by atoms with Crippen LogP contribution in [0.4, 0.5) is 9.59 Å². The van der Waals surface area contributed by atoms with Crippen LogP contribution in [0.1, 0.15) is 189 Å². The van der Waals surface area contributed by atoms with Crippen molar-refractivity contribution < 1.29 is 112 Å². The third-order valence-electron chi connectivity index (χ3n) is 19.5. The average Bonchev–Trinajstić information content (AvgIpc) is 1.67. The number of aromatic nitrogens is 1. The third kappa shape index (κ3) is 37.4. The number of carbonyl (C=O) groups is 15. The van der Waals surface area contributed by atoms with E-state index in [1.807, 2.05) is 39.6 Å². The van der Waals surface area contributed by atoms with Gasteiger partial charge in [-0.05, 0) is 118 Å². The predicted molar refractivity (Wildman–Crippen MR) is 428 cm³/mol. The second-order valence-corrected chi connectivity index (χ2v) is 32.7. The summed E-state index contributed by atoms with van der Waals surface area (Å²) in [5.74, 6) is -15.3. The van der Waals surface area contributed by atoms with Crippen molar-refractivity contribution in [1.29, 1.82) is 0 Å². The van der Waals surface area contributed by atoms with Crippen LogP contribution in [0.5, 0.6) is 5.75 Å². The van der Waals surface area contributed by atoms with Gasteiger partial charge < -0.3 is 87.5 Å². The smallest absolute Gasteiger partial charge is 0.327 e. The van der Waals surface area contributed by atoms with Gasteiger partial charge in [-0.3, -0.25) is 57.6 Å². The number of carbonyl (C=O) groups excluding carboxylic acids is 10. The van der Waals surface area contributed by atoms with Crippen molar-refractivity contribution in [2.75, 3.05) is 64.7 Å². The van der Waals surface area contributed by atoms with Crippen LogP contribution in [0.3, 0.4) is 0 Å². The van der Waals surface area contributed by atoms with Crippen molar-refractivity contribution in [3.8, 4) is 5.75 Å². The van der Waals surface area contributed by atoms with Crippen LogP contribution >= 0.6 is 32.9 Å². The van der Waals surface area contributed by atoms with Gasteiger partial charge in [-0.1, -0.05) is 119 Å². The van der Waals surface area contributed by atoms with E-state index in [1.165, 1.54) is 35.6 Å². The summed E-state index contributed by atoms with van der Waals surface area (Å²) in [7, 11) is 3.97. The average molecular weight is 1670 g/mol. The fourth-order valence-corrected chi connectivity index (χ4v) is 15.6. The molecule has 0 spiro atoms. The minimum absolute atomic E-state index is 0.0154. The second-order valence-electron chi connectivity index (χ2n) is 29.2. The Labute approximate surface area is 681 Å². The quantitative estimate of drug-likeness (QED) is 0.0124. The Morgan fingerprint density at radius 2 is 1.33 bits per heavy atom. The van der Waals surface area contributed by atoms with Gasteiger partial charge in [0.1, 0.15) is 43.4 Å². The fourth-order valence-electron chi connectivity index (χ4n) is 12.8. The SMILES string of the molecule is CCCOCN(C(=O)[C@@H](CC(=O)[C@H]1CCCCN1C)C(C)CC)[C@H](C[C@@H](C)c1nc(C(=O)N[C@@H](Cc2ccc(O)cc2)C[C@H](C)C(=O)NCC(=O)OCCSSC[C@H](NC(=O)[C@H](CC(=O)O)CC(=O)[C@H](CC(=O)O)NC(=O)Cc2ccc(CNC(=O)NCCCC[C@@H](NC(=O)NCCCC(=O)O)C(=O)O)cc2)C(=O)O)cs1)C(C)C. The molecule has 9 amide bonds. The molecular formula is C78H115N11O23S3. The number of phenols is 1. The molecule has 37 heteroatoms. The van der Waals surface area contributed by atoms with Crippen molar-refractivity contribution in [1.82, 2.24) is 57.3 Å². The topological polar surface area (TPSA) is 511 Å². The van der Waals surface area contributed by atoms with Gasteiger partial charge in [-0.2, -0.15) is 0 Å². The van der Waals surface area contributed by atoms with Crippen LogP contribution < -0.4 is 42.5 Å². The normalized spacial score (nSPS) is 15.4. The number of benzene rings is 2. The summed E-state index contributed by atoms with van der Waals surface area (Å²) in [6.07, 6.45) is 2.76. The number of phenolic OH excluding ortho intramolecular Hbond substituents is 1. The molecule has 14 N–H and O–H groups in total. The number of rotatable bonds is 56. The van der Waals surface area contributed by atoms with E-state index >= 15 is 0 Å². The Morgan fingerprint density at radius 1 is 0.670 bits per heavy atom. The number of ketones is 2. The highest BCUT2D eigenvalue weighted by Gasteiger charge is 2.39. The minimum atomic E-state index is -1.74. The van der Waals surface area contributed by atoms with Gasteiger partial charge in [-0.25, -0.2) is 24.2 Å². The molecule has 0 bridgehead atoms. The summed E-state index contributed by atoms with van der Waals surface area (Å²) >= 11 is 1.31.